The van der Waals surface area contributed by atoms with E-state index < -0.39 is 0 Å². The number of carbonyl (C=O) groups is 1. The fraction of sp³-hybridized carbons (Fsp3) is 0.611. The SMILES string of the molecule is CC(C)(C)N(CCc1cccc(Cl)c1)C(=O)OCCSCCCO. The van der Waals surface area contributed by atoms with Crippen molar-refractivity contribution in [3.05, 3.63) is 34.9 Å². The highest BCUT2D eigenvalue weighted by molar-refractivity contribution is 7.99. The molecule has 0 aliphatic carbocycles. The van der Waals surface area contributed by atoms with Crippen LogP contribution >= 0.6 is 23.4 Å². The summed E-state index contributed by atoms with van der Waals surface area (Å²) in [7, 11) is 0. The molecule has 136 valence electrons. The molecule has 0 saturated carbocycles. The van der Waals surface area contributed by atoms with E-state index in [1.165, 1.54) is 0 Å². The van der Waals surface area contributed by atoms with E-state index in [1.54, 1.807) is 16.7 Å². The number of halogens is 1. The monoisotopic (exact) mass is 373 g/mol. The third-order valence-corrected chi connectivity index (χ3v) is 4.71. The first-order valence-corrected chi connectivity index (χ1v) is 9.75. The van der Waals surface area contributed by atoms with E-state index in [9.17, 15) is 4.79 Å². The van der Waals surface area contributed by atoms with E-state index in [4.69, 9.17) is 21.4 Å². The topological polar surface area (TPSA) is 49.8 Å². The van der Waals surface area contributed by atoms with Gasteiger partial charge in [0.2, 0.25) is 0 Å². The van der Waals surface area contributed by atoms with Crippen LogP contribution in [0.5, 0.6) is 0 Å². The molecule has 0 aromatic heterocycles. The minimum atomic E-state index is -0.306. The first-order valence-electron chi connectivity index (χ1n) is 8.22. The molecule has 0 bridgehead atoms. The Hall–Kier alpha value is -0.910. The van der Waals surface area contributed by atoms with Crippen molar-refractivity contribution in [1.29, 1.82) is 0 Å². The predicted molar refractivity (Wildman–Crippen MR) is 102 cm³/mol. The fourth-order valence-corrected chi connectivity index (χ4v) is 3.12. The average molecular weight is 374 g/mol. The Bertz CT molecular complexity index is 505. The van der Waals surface area contributed by atoms with Gasteiger partial charge in [0.05, 0.1) is 0 Å². The second-order valence-corrected chi connectivity index (χ2v) is 8.17. The van der Waals surface area contributed by atoms with E-state index in [2.05, 4.69) is 0 Å². The Morgan fingerprint density at radius 1 is 1.33 bits per heavy atom. The molecule has 1 N–H and O–H groups in total. The molecule has 1 rings (SSSR count). The maximum absolute atomic E-state index is 12.4. The van der Waals surface area contributed by atoms with Crippen LogP contribution in [-0.4, -0.2) is 52.9 Å². The lowest BCUT2D eigenvalue weighted by Crippen LogP contribution is -2.47. The summed E-state index contributed by atoms with van der Waals surface area (Å²) in [6, 6.07) is 7.69. The molecule has 0 unspecified atom stereocenters. The van der Waals surface area contributed by atoms with Gasteiger partial charge in [-0.2, -0.15) is 11.8 Å². The summed E-state index contributed by atoms with van der Waals surface area (Å²) in [6.45, 7) is 7.18. The third-order valence-electron chi connectivity index (χ3n) is 3.44. The zero-order chi connectivity index (χ0) is 18.0. The molecule has 6 heteroatoms. The Kier molecular flexibility index (Phi) is 9.56. The minimum Gasteiger partial charge on any atom is -0.449 e. The maximum atomic E-state index is 12.4. The molecular weight excluding hydrogens is 346 g/mol. The summed E-state index contributed by atoms with van der Waals surface area (Å²) >= 11 is 7.69. The van der Waals surface area contributed by atoms with Crippen LogP contribution in [0, 0.1) is 0 Å². The number of aliphatic hydroxyl groups excluding tert-OH is 1. The number of amides is 1. The fourth-order valence-electron chi connectivity index (χ4n) is 2.17. The smallest absolute Gasteiger partial charge is 0.410 e. The van der Waals surface area contributed by atoms with Crippen LogP contribution in [0.1, 0.15) is 32.8 Å². The van der Waals surface area contributed by atoms with E-state index in [1.807, 2.05) is 45.0 Å². The highest BCUT2D eigenvalue weighted by Crippen LogP contribution is 2.17. The Morgan fingerprint density at radius 2 is 2.08 bits per heavy atom. The predicted octanol–water partition coefficient (Wildman–Crippen LogP) is 4.24. The molecule has 1 aromatic rings. The lowest BCUT2D eigenvalue weighted by molar-refractivity contribution is 0.0726. The molecule has 0 spiro atoms. The van der Waals surface area contributed by atoms with Crippen molar-refractivity contribution < 1.29 is 14.6 Å². The summed E-state index contributed by atoms with van der Waals surface area (Å²) in [5.41, 5.74) is 0.795. The molecule has 0 saturated heterocycles. The number of benzene rings is 1. The van der Waals surface area contributed by atoms with E-state index in [-0.39, 0.29) is 18.2 Å². The number of nitrogens with zero attached hydrogens (tertiary/aromatic N) is 1. The molecule has 0 fully saturated rings. The van der Waals surface area contributed by atoms with Crippen molar-refractivity contribution in [2.75, 3.05) is 31.3 Å². The zero-order valence-electron chi connectivity index (χ0n) is 14.8. The van der Waals surface area contributed by atoms with Gasteiger partial charge in [0.15, 0.2) is 0 Å². The number of rotatable bonds is 9. The molecule has 1 aromatic carbocycles. The normalized spacial score (nSPS) is 11.4. The maximum Gasteiger partial charge on any atom is 0.410 e. The van der Waals surface area contributed by atoms with Crippen LogP contribution in [0.15, 0.2) is 24.3 Å². The molecule has 0 aliphatic heterocycles. The number of thioether (sulfide) groups is 1. The Balaban J connectivity index is 2.48. The molecule has 0 atom stereocenters. The Labute approximate surface area is 154 Å². The third kappa shape index (κ3) is 8.27. The van der Waals surface area contributed by atoms with Crippen LogP contribution in [0.3, 0.4) is 0 Å². The number of carbonyl (C=O) groups excluding carboxylic acids is 1. The Morgan fingerprint density at radius 3 is 2.71 bits per heavy atom. The number of ether oxygens (including phenoxy) is 1. The molecular formula is C18H28ClNO3S. The van der Waals surface area contributed by atoms with Crippen molar-refractivity contribution in [3.63, 3.8) is 0 Å². The largest absolute Gasteiger partial charge is 0.449 e. The van der Waals surface area contributed by atoms with Crippen LogP contribution in [0.4, 0.5) is 4.79 Å². The van der Waals surface area contributed by atoms with Crippen LogP contribution < -0.4 is 0 Å². The second-order valence-electron chi connectivity index (χ2n) is 6.51. The molecule has 0 radical (unpaired) electrons. The number of hydrogen-bond donors (Lipinski definition) is 1. The first kappa shape index (κ1) is 21.1. The van der Waals surface area contributed by atoms with Gasteiger partial charge >= 0.3 is 6.09 Å². The van der Waals surface area contributed by atoms with Crippen LogP contribution in [0.25, 0.3) is 0 Å². The summed E-state index contributed by atoms with van der Waals surface area (Å²) in [6.07, 6.45) is 1.22. The van der Waals surface area contributed by atoms with E-state index in [0.29, 0.717) is 18.2 Å². The molecule has 1 amide bonds. The van der Waals surface area contributed by atoms with Gasteiger partial charge in [-0.1, -0.05) is 23.7 Å². The van der Waals surface area contributed by atoms with Crippen LogP contribution in [-0.2, 0) is 11.2 Å². The van der Waals surface area contributed by atoms with Crippen molar-refractivity contribution in [2.45, 2.75) is 39.2 Å². The van der Waals surface area contributed by atoms with Gasteiger partial charge in [-0.25, -0.2) is 4.79 Å². The average Bonchev–Trinajstić information content (AvgIpc) is 2.49. The number of hydrogen-bond acceptors (Lipinski definition) is 4. The zero-order valence-corrected chi connectivity index (χ0v) is 16.3. The van der Waals surface area contributed by atoms with Crippen molar-refractivity contribution in [2.24, 2.45) is 0 Å². The highest BCUT2D eigenvalue weighted by atomic mass is 35.5. The molecule has 24 heavy (non-hydrogen) atoms. The first-order chi connectivity index (χ1) is 11.3. The molecule has 4 nitrogen and oxygen atoms in total. The van der Waals surface area contributed by atoms with Gasteiger partial charge in [0.1, 0.15) is 6.61 Å². The van der Waals surface area contributed by atoms with Crippen LogP contribution in [0.2, 0.25) is 5.02 Å². The molecule has 0 aliphatic rings. The lowest BCUT2D eigenvalue weighted by Gasteiger charge is -2.34. The molecule has 0 heterocycles. The lowest BCUT2D eigenvalue weighted by atomic mass is 10.1. The number of aliphatic hydroxyl groups is 1. The summed E-state index contributed by atoms with van der Waals surface area (Å²) in [5.74, 6) is 1.63. The second kappa shape index (κ2) is 10.9. The highest BCUT2D eigenvalue weighted by Gasteiger charge is 2.27. The van der Waals surface area contributed by atoms with E-state index in [0.717, 1.165) is 29.9 Å². The quantitative estimate of drug-likeness (QED) is 0.658. The summed E-state index contributed by atoms with van der Waals surface area (Å²) in [4.78, 5) is 14.2. The van der Waals surface area contributed by atoms with Gasteiger partial charge in [0, 0.05) is 29.5 Å². The van der Waals surface area contributed by atoms with Gasteiger partial charge < -0.3 is 14.7 Å². The van der Waals surface area contributed by atoms with Crippen molar-refractivity contribution in [1.82, 2.24) is 4.90 Å². The standard InChI is InChI=1S/C18H28ClNO3S/c1-18(2,3)20(9-8-15-6-4-7-16(19)14-15)17(22)23-11-13-24-12-5-10-21/h4,6-7,14,21H,5,8-13H2,1-3H3. The minimum absolute atomic E-state index is 0.202. The van der Waals surface area contributed by atoms with Gasteiger partial charge in [-0.3, -0.25) is 0 Å². The van der Waals surface area contributed by atoms with E-state index >= 15 is 0 Å². The van der Waals surface area contributed by atoms with Gasteiger partial charge in [-0.15, -0.1) is 0 Å². The van der Waals surface area contributed by atoms with Gasteiger partial charge in [-0.05, 0) is 57.1 Å². The summed E-state index contributed by atoms with van der Waals surface area (Å²) < 4.78 is 5.40. The van der Waals surface area contributed by atoms with Gasteiger partial charge in [0.25, 0.3) is 0 Å². The summed E-state index contributed by atoms with van der Waals surface area (Å²) in [5, 5.41) is 9.44. The van der Waals surface area contributed by atoms with Crippen molar-refractivity contribution >= 4 is 29.5 Å². The van der Waals surface area contributed by atoms with Crippen molar-refractivity contribution in [3.8, 4) is 0 Å².